The summed E-state index contributed by atoms with van der Waals surface area (Å²) in [4.78, 5) is 16.2. The van der Waals surface area contributed by atoms with Gasteiger partial charge in [-0.1, -0.05) is 17.7 Å². The van der Waals surface area contributed by atoms with Crippen molar-refractivity contribution >= 4 is 17.6 Å². The van der Waals surface area contributed by atoms with Crippen LogP contribution < -0.4 is 0 Å². The topological polar surface area (TPSA) is 57.0 Å². The summed E-state index contributed by atoms with van der Waals surface area (Å²) in [5.74, 6) is -0.00945. The number of nitrogens with zero attached hydrogens (tertiary/aromatic N) is 3. The minimum Gasteiger partial charge on any atom is -0.460 e. The van der Waals surface area contributed by atoms with Gasteiger partial charge in [0, 0.05) is 25.0 Å². The fraction of sp³-hybridized carbons (Fsp3) is 0.400. The average molecular weight is 306 g/mol. The van der Waals surface area contributed by atoms with E-state index in [4.69, 9.17) is 16.3 Å². The molecule has 2 unspecified atom stereocenters. The van der Waals surface area contributed by atoms with E-state index in [-0.39, 0.29) is 24.4 Å². The molecule has 0 N–H and O–H groups in total. The van der Waals surface area contributed by atoms with Crippen LogP contribution in [0.25, 0.3) is 0 Å². The summed E-state index contributed by atoms with van der Waals surface area (Å²) < 4.78 is 6.96. The van der Waals surface area contributed by atoms with E-state index in [1.165, 1.54) is 0 Å². The molecule has 1 saturated carbocycles. The number of hydrogen-bond donors (Lipinski definition) is 0. The van der Waals surface area contributed by atoms with Gasteiger partial charge >= 0.3 is 5.97 Å². The van der Waals surface area contributed by atoms with Gasteiger partial charge in [-0.3, -0.25) is 14.5 Å². The lowest BCUT2D eigenvalue weighted by Gasteiger charge is -2.04. The second-order valence-corrected chi connectivity index (χ2v) is 5.68. The molecule has 2 aromatic rings. The highest BCUT2D eigenvalue weighted by Gasteiger charge is 2.45. The third-order valence-electron chi connectivity index (χ3n) is 3.83. The van der Waals surface area contributed by atoms with Crippen LogP contribution in [0.5, 0.6) is 0 Å². The van der Waals surface area contributed by atoms with Crippen LogP contribution in [0, 0.1) is 12.8 Å². The lowest BCUT2D eigenvalue weighted by atomic mass is 10.1. The third-order valence-corrected chi connectivity index (χ3v) is 4.31. The van der Waals surface area contributed by atoms with Crippen LogP contribution in [-0.4, -0.2) is 20.7 Å². The maximum atomic E-state index is 12.1. The molecule has 1 fully saturated rings. The number of halogens is 1. The zero-order chi connectivity index (χ0) is 15.0. The monoisotopic (exact) mass is 305 g/mol. The van der Waals surface area contributed by atoms with Gasteiger partial charge in [0.05, 0.1) is 11.6 Å². The van der Waals surface area contributed by atoms with Crippen molar-refractivity contribution in [3.8, 4) is 0 Å². The van der Waals surface area contributed by atoms with Crippen molar-refractivity contribution in [2.75, 3.05) is 0 Å². The van der Waals surface area contributed by atoms with E-state index in [0.717, 1.165) is 23.2 Å². The molecule has 5 nitrogen and oxygen atoms in total. The number of carbonyl (C=O) groups excluding carboxylic acids is 1. The standard InChI is InChI=1S/C15H16ClN3O2/c1-9-13(14(16)19(2)18-9)8-21-15(20)12-6-11(12)10-4-3-5-17-7-10/h3-5,7,11-12H,6,8H2,1-2H3. The van der Waals surface area contributed by atoms with E-state index in [2.05, 4.69) is 10.1 Å². The molecule has 0 spiro atoms. The first-order valence-corrected chi connectivity index (χ1v) is 7.20. The van der Waals surface area contributed by atoms with E-state index in [9.17, 15) is 4.79 Å². The molecule has 0 aliphatic heterocycles. The number of hydrogen-bond acceptors (Lipinski definition) is 4. The van der Waals surface area contributed by atoms with Gasteiger partial charge < -0.3 is 4.74 Å². The van der Waals surface area contributed by atoms with Gasteiger partial charge in [0.25, 0.3) is 0 Å². The Kier molecular flexibility index (Phi) is 3.68. The quantitative estimate of drug-likeness (QED) is 0.815. The first kappa shape index (κ1) is 14.1. The molecule has 1 aliphatic rings. The first-order valence-electron chi connectivity index (χ1n) is 6.82. The maximum Gasteiger partial charge on any atom is 0.309 e. The van der Waals surface area contributed by atoms with E-state index in [1.54, 1.807) is 24.1 Å². The fourth-order valence-electron chi connectivity index (χ4n) is 2.51. The number of aromatic nitrogens is 3. The van der Waals surface area contributed by atoms with Crippen LogP contribution in [-0.2, 0) is 23.2 Å². The van der Waals surface area contributed by atoms with Crippen molar-refractivity contribution in [3.63, 3.8) is 0 Å². The predicted molar refractivity (Wildman–Crippen MR) is 77.8 cm³/mol. The summed E-state index contributed by atoms with van der Waals surface area (Å²) in [7, 11) is 1.76. The summed E-state index contributed by atoms with van der Waals surface area (Å²) in [5.41, 5.74) is 2.65. The summed E-state index contributed by atoms with van der Waals surface area (Å²) in [6.07, 6.45) is 4.36. The molecular formula is C15H16ClN3O2. The Balaban J connectivity index is 1.59. The largest absolute Gasteiger partial charge is 0.460 e. The minimum atomic E-state index is -0.178. The predicted octanol–water partition coefficient (Wildman–Crippen LogP) is 2.62. The Bertz CT molecular complexity index is 669. The van der Waals surface area contributed by atoms with Gasteiger partial charge in [0.1, 0.15) is 11.8 Å². The van der Waals surface area contributed by atoms with Crippen LogP contribution in [0.1, 0.15) is 29.2 Å². The van der Waals surface area contributed by atoms with E-state index in [1.807, 2.05) is 19.1 Å². The van der Waals surface area contributed by atoms with Crippen molar-refractivity contribution in [1.82, 2.24) is 14.8 Å². The van der Waals surface area contributed by atoms with Gasteiger partial charge in [-0.15, -0.1) is 0 Å². The number of aryl methyl sites for hydroxylation is 2. The third kappa shape index (κ3) is 2.78. The SMILES string of the molecule is Cc1nn(C)c(Cl)c1COC(=O)C1CC1c1cccnc1. The molecule has 0 aromatic carbocycles. The fourth-order valence-corrected chi connectivity index (χ4v) is 2.74. The number of pyridine rings is 1. The lowest BCUT2D eigenvalue weighted by Crippen LogP contribution is -2.08. The average Bonchev–Trinajstić information content (AvgIpc) is 3.24. The zero-order valence-electron chi connectivity index (χ0n) is 11.9. The van der Waals surface area contributed by atoms with Gasteiger partial charge in [0.2, 0.25) is 0 Å². The van der Waals surface area contributed by atoms with Gasteiger partial charge in [-0.05, 0) is 30.9 Å². The summed E-state index contributed by atoms with van der Waals surface area (Å²) in [6, 6.07) is 3.88. The molecular weight excluding hydrogens is 290 g/mol. The number of carbonyl (C=O) groups is 1. The van der Waals surface area contributed by atoms with Crippen LogP contribution >= 0.6 is 11.6 Å². The molecule has 21 heavy (non-hydrogen) atoms. The lowest BCUT2D eigenvalue weighted by molar-refractivity contribution is -0.146. The van der Waals surface area contributed by atoms with Crippen molar-refractivity contribution < 1.29 is 9.53 Å². The molecule has 0 radical (unpaired) electrons. The van der Waals surface area contributed by atoms with E-state index >= 15 is 0 Å². The van der Waals surface area contributed by atoms with E-state index < -0.39 is 0 Å². The summed E-state index contributed by atoms with van der Waals surface area (Å²) in [5, 5.41) is 4.71. The van der Waals surface area contributed by atoms with Gasteiger partial charge in [-0.2, -0.15) is 5.10 Å². The van der Waals surface area contributed by atoms with Crippen molar-refractivity contribution in [2.45, 2.75) is 25.9 Å². The van der Waals surface area contributed by atoms with Gasteiger partial charge in [0.15, 0.2) is 0 Å². The smallest absolute Gasteiger partial charge is 0.309 e. The molecule has 110 valence electrons. The minimum absolute atomic E-state index is 0.0649. The summed E-state index contributed by atoms with van der Waals surface area (Å²) in [6.45, 7) is 2.03. The number of ether oxygens (including phenoxy) is 1. The summed E-state index contributed by atoms with van der Waals surface area (Å²) >= 11 is 6.12. The normalized spacial score (nSPS) is 20.3. The Labute approximate surface area is 127 Å². The van der Waals surface area contributed by atoms with Gasteiger partial charge in [-0.25, -0.2) is 0 Å². The van der Waals surface area contributed by atoms with Crippen LogP contribution in [0.2, 0.25) is 5.15 Å². The van der Waals surface area contributed by atoms with Crippen molar-refractivity contribution in [1.29, 1.82) is 0 Å². The molecule has 0 saturated heterocycles. The first-order chi connectivity index (χ1) is 10.1. The molecule has 0 amide bonds. The highest BCUT2D eigenvalue weighted by atomic mass is 35.5. The zero-order valence-corrected chi connectivity index (χ0v) is 12.7. The molecule has 1 aliphatic carbocycles. The van der Waals surface area contributed by atoms with Crippen LogP contribution in [0.15, 0.2) is 24.5 Å². The molecule has 6 heteroatoms. The van der Waals surface area contributed by atoms with E-state index in [0.29, 0.717) is 5.15 Å². The molecule has 0 bridgehead atoms. The van der Waals surface area contributed by atoms with Crippen molar-refractivity contribution in [2.24, 2.45) is 13.0 Å². The highest BCUT2D eigenvalue weighted by molar-refractivity contribution is 6.30. The number of rotatable bonds is 4. The highest BCUT2D eigenvalue weighted by Crippen LogP contribution is 2.48. The van der Waals surface area contributed by atoms with Crippen molar-refractivity contribution in [3.05, 3.63) is 46.5 Å². The van der Waals surface area contributed by atoms with Crippen LogP contribution in [0.4, 0.5) is 0 Å². The molecule has 2 atom stereocenters. The number of esters is 1. The molecule has 2 aromatic heterocycles. The Morgan fingerprint density at radius 2 is 2.38 bits per heavy atom. The Hall–Kier alpha value is -1.88. The second-order valence-electron chi connectivity index (χ2n) is 5.32. The molecule has 2 heterocycles. The maximum absolute atomic E-state index is 12.1. The second kappa shape index (κ2) is 5.48. The molecule has 3 rings (SSSR count). The van der Waals surface area contributed by atoms with Crippen LogP contribution in [0.3, 0.4) is 0 Å². The Morgan fingerprint density at radius 1 is 1.57 bits per heavy atom. The Morgan fingerprint density at radius 3 is 3.00 bits per heavy atom.